The molecule has 0 spiro atoms. The molecule has 1 aromatic rings. The molecular formula is C8H11BrN2. The molecule has 60 valence electrons. The van der Waals surface area contributed by atoms with E-state index in [4.69, 9.17) is 5.73 Å². The van der Waals surface area contributed by atoms with Crippen LogP contribution in [0.3, 0.4) is 0 Å². The zero-order chi connectivity index (χ0) is 8.10. The number of hydrogen-bond acceptors (Lipinski definition) is 2. The minimum atomic E-state index is 0.520. The van der Waals surface area contributed by atoms with Gasteiger partial charge < -0.3 is 11.1 Å². The third-order valence-corrected chi connectivity index (χ3v) is 1.86. The Balaban J connectivity index is 2.56. The van der Waals surface area contributed by atoms with E-state index in [1.54, 1.807) is 0 Å². The van der Waals surface area contributed by atoms with E-state index < -0.39 is 0 Å². The summed E-state index contributed by atoms with van der Waals surface area (Å²) in [4.78, 5) is 0. The molecule has 2 nitrogen and oxygen atoms in total. The monoisotopic (exact) mass is 214 g/mol. The normalized spacial score (nSPS) is 10.0. The molecule has 0 bridgehead atoms. The van der Waals surface area contributed by atoms with Gasteiger partial charge in [-0.1, -0.05) is 28.1 Å². The highest BCUT2D eigenvalue weighted by Crippen LogP contribution is 2.10. The van der Waals surface area contributed by atoms with Crippen molar-refractivity contribution in [2.75, 3.05) is 6.67 Å². The Hall–Kier alpha value is -0.380. The van der Waals surface area contributed by atoms with Crippen molar-refractivity contribution in [3.8, 4) is 0 Å². The predicted octanol–water partition coefficient (Wildman–Crippen LogP) is 1.45. The molecule has 11 heavy (non-hydrogen) atoms. The van der Waals surface area contributed by atoms with Crippen molar-refractivity contribution < 1.29 is 0 Å². The summed E-state index contributed by atoms with van der Waals surface area (Å²) in [5.41, 5.74) is 6.53. The molecule has 0 aliphatic rings. The second-order valence-electron chi connectivity index (χ2n) is 2.26. The first-order valence-corrected chi connectivity index (χ1v) is 4.27. The summed E-state index contributed by atoms with van der Waals surface area (Å²) in [6.07, 6.45) is 0. The van der Waals surface area contributed by atoms with Gasteiger partial charge in [0.05, 0.1) is 0 Å². The van der Waals surface area contributed by atoms with Crippen LogP contribution in [0.2, 0.25) is 0 Å². The maximum absolute atomic E-state index is 5.29. The molecule has 0 fully saturated rings. The molecule has 0 heterocycles. The molecule has 0 unspecified atom stereocenters. The van der Waals surface area contributed by atoms with E-state index in [9.17, 15) is 0 Å². The second-order valence-corrected chi connectivity index (χ2v) is 3.18. The van der Waals surface area contributed by atoms with E-state index in [1.807, 2.05) is 12.1 Å². The van der Waals surface area contributed by atoms with Crippen molar-refractivity contribution >= 4 is 15.9 Å². The lowest BCUT2D eigenvalue weighted by Gasteiger charge is -2.01. The smallest absolute Gasteiger partial charge is 0.0431 e. The van der Waals surface area contributed by atoms with Crippen LogP contribution in [0.1, 0.15) is 5.56 Å². The quantitative estimate of drug-likeness (QED) is 0.749. The maximum Gasteiger partial charge on any atom is 0.0431 e. The van der Waals surface area contributed by atoms with E-state index in [2.05, 4.69) is 33.4 Å². The number of halogens is 1. The first kappa shape index (κ1) is 8.71. The highest BCUT2D eigenvalue weighted by molar-refractivity contribution is 9.10. The van der Waals surface area contributed by atoms with Gasteiger partial charge in [-0.15, -0.1) is 0 Å². The fourth-order valence-corrected chi connectivity index (χ4v) is 1.31. The Morgan fingerprint density at radius 3 is 2.91 bits per heavy atom. The number of nitrogens with two attached hydrogens (primary N) is 1. The zero-order valence-electron chi connectivity index (χ0n) is 6.18. The summed E-state index contributed by atoms with van der Waals surface area (Å²) in [7, 11) is 0. The van der Waals surface area contributed by atoms with Crippen LogP contribution in [0.5, 0.6) is 0 Å². The standard InChI is InChI=1S/C8H11BrN2/c9-8-3-1-2-7(4-8)5-11-6-10/h1-4,11H,5-6,10H2. The van der Waals surface area contributed by atoms with Crippen LogP contribution in [-0.4, -0.2) is 6.67 Å². The Morgan fingerprint density at radius 1 is 1.45 bits per heavy atom. The second kappa shape index (κ2) is 4.49. The van der Waals surface area contributed by atoms with Gasteiger partial charge in [0.2, 0.25) is 0 Å². The van der Waals surface area contributed by atoms with E-state index in [-0.39, 0.29) is 0 Å². The van der Waals surface area contributed by atoms with Crippen molar-refractivity contribution in [3.05, 3.63) is 34.3 Å². The van der Waals surface area contributed by atoms with E-state index in [0.29, 0.717) is 6.67 Å². The highest BCUT2D eigenvalue weighted by atomic mass is 79.9. The van der Waals surface area contributed by atoms with Gasteiger partial charge in [-0.05, 0) is 17.7 Å². The fraction of sp³-hybridized carbons (Fsp3) is 0.250. The molecule has 0 radical (unpaired) electrons. The van der Waals surface area contributed by atoms with Gasteiger partial charge in [0.1, 0.15) is 0 Å². The Labute approximate surface area is 74.9 Å². The third kappa shape index (κ3) is 3.01. The summed E-state index contributed by atoms with van der Waals surface area (Å²) in [6.45, 7) is 1.35. The van der Waals surface area contributed by atoms with Gasteiger partial charge in [-0.25, -0.2) is 0 Å². The van der Waals surface area contributed by atoms with Crippen LogP contribution in [0.15, 0.2) is 28.7 Å². The first-order chi connectivity index (χ1) is 5.33. The van der Waals surface area contributed by atoms with Crippen LogP contribution in [-0.2, 0) is 6.54 Å². The van der Waals surface area contributed by atoms with Gasteiger partial charge in [0.15, 0.2) is 0 Å². The van der Waals surface area contributed by atoms with Crippen LogP contribution in [0.4, 0.5) is 0 Å². The summed E-state index contributed by atoms with van der Waals surface area (Å²) in [5.74, 6) is 0. The van der Waals surface area contributed by atoms with Gasteiger partial charge in [-0.3, -0.25) is 0 Å². The molecule has 0 saturated heterocycles. The largest absolute Gasteiger partial charge is 0.318 e. The molecule has 3 N–H and O–H groups in total. The molecule has 1 rings (SSSR count). The van der Waals surface area contributed by atoms with E-state index >= 15 is 0 Å². The van der Waals surface area contributed by atoms with Gasteiger partial charge in [0.25, 0.3) is 0 Å². The van der Waals surface area contributed by atoms with Crippen molar-refractivity contribution in [2.45, 2.75) is 6.54 Å². The lowest BCUT2D eigenvalue weighted by molar-refractivity contribution is 0.709. The number of benzene rings is 1. The third-order valence-electron chi connectivity index (χ3n) is 1.36. The fourth-order valence-electron chi connectivity index (χ4n) is 0.863. The first-order valence-electron chi connectivity index (χ1n) is 3.48. The molecule has 0 aliphatic heterocycles. The van der Waals surface area contributed by atoms with E-state index in [1.165, 1.54) is 5.56 Å². The van der Waals surface area contributed by atoms with Crippen LogP contribution < -0.4 is 11.1 Å². The molecule has 0 atom stereocenters. The molecule has 3 heteroatoms. The minimum Gasteiger partial charge on any atom is -0.318 e. The van der Waals surface area contributed by atoms with Crippen molar-refractivity contribution in [2.24, 2.45) is 5.73 Å². The zero-order valence-corrected chi connectivity index (χ0v) is 7.76. The van der Waals surface area contributed by atoms with E-state index in [0.717, 1.165) is 11.0 Å². The molecular weight excluding hydrogens is 204 g/mol. The van der Waals surface area contributed by atoms with Crippen LogP contribution >= 0.6 is 15.9 Å². The Morgan fingerprint density at radius 2 is 2.27 bits per heavy atom. The average molecular weight is 215 g/mol. The maximum atomic E-state index is 5.29. The molecule has 0 amide bonds. The summed E-state index contributed by atoms with van der Waals surface area (Å²) in [5, 5.41) is 3.05. The lowest BCUT2D eigenvalue weighted by Crippen LogP contribution is -2.21. The van der Waals surface area contributed by atoms with Crippen molar-refractivity contribution in [1.29, 1.82) is 0 Å². The number of rotatable bonds is 3. The summed E-state index contributed by atoms with van der Waals surface area (Å²) >= 11 is 3.40. The van der Waals surface area contributed by atoms with Gasteiger partial charge in [-0.2, -0.15) is 0 Å². The van der Waals surface area contributed by atoms with Crippen molar-refractivity contribution in [3.63, 3.8) is 0 Å². The molecule has 0 aliphatic carbocycles. The molecule has 1 aromatic carbocycles. The minimum absolute atomic E-state index is 0.520. The highest BCUT2D eigenvalue weighted by Gasteiger charge is 1.90. The number of nitrogens with one attached hydrogen (secondary N) is 1. The summed E-state index contributed by atoms with van der Waals surface area (Å²) in [6, 6.07) is 8.15. The van der Waals surface area contributed by atoms with Crippen LogP contribution in [0.25, 0.3) is 0 Å². The number of hydrogen-bond donors (Lipinski definition) is 2. The van der Waals surface area contributed by atoms with Gasteiger partial charge >= 0.3 is 0 Å². The van der Waals surface area contributed by atoms with Crippen molar-refractivity contribution in [1.82, 2.24) is 5.32 Å². The van der Waals surface area contributed by atoms with Crippen LogP contribution in [0, 0.1) is 0 Å². The molecule has 0 aromatic heterocycles. The Bertz CT molecular complexity index is 225. The summed E-state index contributed by atoms with van der Waals surface area (Å²) < 4.78 is 1.11. The lowest BCUT2D eigenvalue weighted by atomic mass is 10.2. The SMILES string of the molecule is NCNCc1cccc(Br)c1. The predicted molar refractivity (Wildman–Crippen MR) is 50.0 cm³/mol. The van der Waals surface area contributed by atoms with Gasteiger partial charge in [0, 0.05) is 17.7 Å². The Kier molecular flexibility index (Phi) is 3.56. The average Bonchev–Trinajstić information content (AvgIpc) is 2.01. The molecule has 0 saturated carbocycles. The topological polar surface area (TPSA) is 38.0 Å².